The first kappa shape index (κ1) is 19.0. The Balaban J connectivity index is 1.81. The van der Waals surface area contributed by atoms with Crippen LogP contribution in [0.3, 0.4) is 0 Å². The van der Waals surface area contributed by atoms with Gasteiger partial charge in [-0.1, -0.05) is 35.3 Å². The van der Waals surface area contributed by atoms with Crippen molar-refractivity contribution >= 4 is 46.5 Å². The lowest BCUT2D eigenvalue weighted by Gasteiger charge is -2.17. The molecule has 0 fully saturated rings. The molecule has 1 atom stereocenters. The lowest BCUT2D eigenvalue weighted by molar-refractivity contribution is -0.121. The number of carbonyl (C=O) groups is 1. The van der Waals surface area contributed by atoms with Crippen molar-refractivity contribution in [1.29, 1.82) is 0 Å². The van der Waals surface area contributed by atoms with Gasteiger partial charge in [0.05, 0.1) is 12.5 Å². The number of nitrogens with zero attached hydrogens (tertiary/aromatic N) is 3. The molecule has 5 nitrogen and oxygen atoms in total. The van der Waals surface area contributed by atoms with Crippen molar-refractivity contribution in [3.8, 4) is 0 Å². The van der Waals surface area contributed by atoms with Gasteiger partial charge in [0.2, 0.25) is 5.91 Å². The van der Waals surface area contributed by atoms with Crippen molar-refractivity contribution in [3.05, 3.63) is 64.0 Å². The normalized spacial score (nSPS) is 12.3. The number of hydrogen-bond acceptors (Lipinski definition) is 4. The minimum absolute atomic E-state index is 0.116. The number of amides is 1. The van der Waals surface area contributed by atoms with Crippen molar-refractivity contribution < 1.29 is 4.79 Å². The minimum Gasteiger partial charge on any atom is -0.346 e. The maximum atomic E-state index is 12.6. The first-order valence-corrected chi connectivity index (χ1v) is 10.3. The molecule has 3 aromatic rings. The van der Waals surface area contributed by atoms with Crippen molar-refractivity contribution in [1.82, 2.24) is 19.9 Å². The maximum Gasteiger partial charge on any atom is 0.225 e. The van der Waals surface area contributed by atoms with Gasteiger partial charge in [-0.05, 0) is 48.3 Å². The second-order valence-electron chi connectivity index (χ2n) is 5.77. The zero-order valence-electron chi connectivity index (χ0n) is 14.2. The Labute approximate surface area is 166 Å². The average molecular weight is 409 g/mol. The summed E-state index contributed by atoms with van der Waals surface area (Å²) in [5.74, 6) is 1.45. The average Bonchev–Trinajstić information content (AvgIpc) is 3.06. The van der Waals surface area contributed by atoms with Gasteiger partial charge in [0.25, 0.3) is 0 Å². The van der Waals surface area contributed by atoms with Gasteiger partial charge < -0.3 is 5.32 Å². The molecule has 26 heavy (non-hydrogen) atoms. The molecular formula is C18H18Cl2N4OS. The summed E-state index contributed by atoms with van der Waals surface area (Å²) in [6, 6.07) is 10.7. The fourth-order valence-electron chi connectivity index (χ4n) is 2.71. The van der Waals surface area contributed by atoms with Crippen LogP contribution >= 0.6 is 35.0 Å². The highest BCUT2D eigenvalue weighted by molar-refractivity contribution is 7.98. The van der Waals surface area contributed by atoms with Crippen LogP contribution in [-0.2, 0) is 11.2 Å². The minimum atomic E-state index is -0.242. The second-order valence-corrected chi connectivity index (χ2v) is 7.57. The van der Waals surface area contributed by atoms with Gasteiger partial charge in [0.1, 0.15) is 0 Å². The molecule has 8 heteroatoms. The molecule has 0 aliphatic heterocycles. The topological polar surface area (TPSA) is 59.3 Å². The van der Waals surface area contributed by atoms with Crippen LogP contribution in [0.5, 0.6) is 0 Å². The molecule has 3 rings (SSSR count). The molecule has 2 aromatic heterocycles. The molecule has 0 saturated heterocycles. The number of fused-ring (bicyclic) bond motifs is 1. The third-order valence-corrected chi connectivity index (χ3v) is 5.35. The van der Waals surface area contributed by atoms with Crippen LogP contribution in [0.2, 0.25) is 10.0 Å². The van der Waals surface area contributed by atoms with E-state index in [1.807, 2.05) is 35.1 Å². The third-order valence-electron chi connectivity index (χ3n) is 4.00. The molecule has 2 heterocycles. The van der Waals surface area contributed by atoms with E-state index in [1.54, 1.807) is 30.0 Å². The van der Waals surface area contributed by atoms with E-state index >= 15 is 0 Å². The Kier molecular flexibility index (Phi) is 6.40. The van der Waals surface area contributed by atoms with Crippen molar-refractivity contribution in [2.45, 2.75) is 18.9 Å². The van der Waals surface area contributed by atoms with Crippen LogP contribution in [0.1, 0.15) is 23.9 Å². The molecule has 136 valence electrons. The molecule has 1 amide bonds. The van der Waals surface area contributed by atoms with Gasteiger partial charge in [-0.3, -0.25) is 9.20 Å². The van der Waals surface area contributed by atoms with E-state index in [-0.39, 0.29) is 18.4 Å². The zero-order chi connectivity index (χ0) is 18.5. The Morgan fingerprint density at radius 1 is 1.19 bits per heavy atom. The molecule has 1 N–H and O–H groups in total. The summed E-state index contributed by atoms with van der Waals surface area (Å²) < 4.78 is 1.90. The van der Waals surface area contributed by atoms with E-state index < -0.39 is 0 Å². The fraction of sp³-hybridized carbons (Fsp3) is 0.278. The first-order chi connectivity index (χ1) is 12.6. The molecule has 0 spiro atoms. The summed E-state index contributed by atoms with van der Waals surface area (Å²) in [7, 11) is 0. The molecule has 1 aromatic carbocycles. The van der Waals surface area contributed by atoms with Crippen molar-refractivity contribution in [2.24, 2.45) is 0 Å². The Bertz CT molecular complexity index is 895. The van der Waals surface area contributed by atoms with Crippen LogP contribution in [0.4, 0.5) is 0 Å². The number of rotatable bonds is 7. The summed E-state index contributed by atoms with van der Waals surface area (Å²) >= 11 is 14.1. The highest BCUT2D eigenvalue weighted by Crippen LogP contribution is 2.25. The number of aromatic nitrogens is 3. The summed E-state index contributed by atoms with van der Waals surface area (Å²) in [5.41, 5.74) is 1.38. The lowest BCUT2D eigenvalue weighted by Crippen LogP contribution is -2.31. The number of hydrogen-bond donors (Lipinski definition) is 1. The van der Waals surface area contributed by atoms with E-state index in [1.165, 1.54) is 0 Å². The predicted octanol–water partition coefficient (Wildman–Crippen LogP) is 4.19. The largest absolute Gasteiger partial charge is 0.346 e. The molecule has 0 aliphatic rings. The van der Waals surface area contributed by atoms with E-state index in [2.05, 4.69) is 15.5 Å². The fourth-order valence-corrected chi connectivity index (χ4v) is 3.71. The van der Waals surface area contributed by atoms with Crippen LogP contribution in [-0.4, -0.2) is 32.5 Å². The first-order valence-electron chi connectivity index (χ1n) is 8.11. The molecule has 1 unspecified atom stereocenters. The van der Waals surface area contributed by atoms with Gasteiger partial charge >= 0.3 is 0 Å². The molecule has 0 radical (unpaired) electrons. The van der Waals surface area contributed by atoms with Crippen molar-refractivity contribution in [3.63, 3.8) is 0 Å². The highest BCUT2D eigenvalue weighted by Gasteiger charge is 2.21. The Morgan fingerprint density at radius 3 is 2.69 bits per heavy atom. The lowest BCUT2D eigenvalue weighted by atomic mass is 10.1. The summed E-state index contributed by atoms with van der Waals surface area (Å²) in [6.45, 7) is 0. The molecule has 0 bridgehead atoms. The third kappa shape index (κ3) is 4.31. The summed E-state index contributed by atoms with van der Waals surface area (Å²) in [4.78, 5) is 12.6. The molecule has 0 saturated carbocycles. The quantitative estimate of drug-likeness (QED) is 0.636. The maximum absolute atomic E-state index is 12.6. The number of thioether (sulfide) groups is 1. The SMILES string of the molecule is CSCCC(NC(=O)Cc1c(Cl)cccc1Cl)c1nnc2ccccn12. The number of carbonyl (C=O) groups excluding carboxylic acids is 1. The van der Waals surface area contributed by atoms with Crippen molar-refractivity contribution in [2.75, 3.05) is 12.0 Å². The molecular weight excluding hydrogens is 391 g/mol. The summed E-state index contributed by atoms with van der Waals surface area (Å²) in [5, 5.41) is 12.5. The van der Waals surface area contributed by atoms with Crippen LogP contribution in [0.25, 0.3) is 5.65 Å². The van der Waals surface area contributed by atoms with Crippen LogP contribution < -0.4 is 5.32 Å². The van der Waals surface area contributed by atoms with Gasteiger partial charge in [0, 0.05) is 16.2 Å². The van der Waals surface area contributed by atoms with Gasteiger partial charge in [0.15, 0.2) is 11.5 Å². The second kappa shape index (κ2) is 8.75. The van der Waals surface area contributed by atoms with Gasteiger partial charge in [-0.15, -0.1) is 10.2 Å². The smallest absolute Gasteiger partial charge is 0.225 e. The number of pyridine rings is 1. The van der Waals surface area contributed by atoms with Gasteiger partial charge in [-0.25, -0.2) is 0 Å². The Morgan fingerprint density at radius 2 is 1.96 bits per heavy atom. The molecule has 0 aliphatic carbocycles. The van der Waals surface area contributed by atoms with E-state index in [0.29, 0.717) is 21.4 Å². The van der Waals surface area contributed by atoms with Gasteiger partial charge in [-0.2, -0.15) is 11.8 Å². The van der Waals surface area contributed by atoms with Crippen LogP contribution in [0.15, 0.2) is 42.6 Å². The monoisotopic (exact) mass is 408 g/mol. The number of halogens is 2. The highest BCUT2D eigenvalue weighted by atomic mass is 35.5. The Hall–Kier alpha value is -1.76. The number of nitrogens with one attached hydrogen (secondary N) is 1. The van der Waals surface area contributed by atoms with E-state index in [9.17, 15) is 4.79 Å². The summed E-state index contributed by atoms with van der Waals surface area (Å²) in [6.07, 6.45) is 4.79. The zero-order valence-corrected chi connectivity index (χ0v) is 16.5. The number of benzene rings is 1. The van der Waals surface area contributed by atoms with Crippen LogP contribution in [0, 0.1) is 0 Å². The van der Waals surface area contributed by atoms with E-state index in [4.69, 9.17) is 23.2 Å². The standard InChI is InChI=1S/C18H18Cl2N4OS/c1-26-10-8-15(18-23-22-16-7-2-3-9-24(16)18)21-17(25)11-12-13(19)5-4-6-14(12)20/h2-7,9,15H,8,10-11H2,1H3,(H,21,25). The van der Waals surface area contributed by atoms with E-state index in [0.717, 1.165) is 17.8 Å². The predicted molar refractivity (Wildman–Crippen MR) is 107 cm³/mol.